The summed E-state index contributed by atoms with van der Waals surface area (Å²) in [5.74, 6) is 0.974. The third kappa shape index (κ3) is 8.61. The second-order valence-electron chi connectivity index (χ2n) is 8.53. The summed E-state index contributed by atoms with van der Waals surface area (Å²) >= 11 is 0. The van der Waals surface area contributed by atoms with Crippen molar-refractivity contribution in [1.82, 2.24) is 25.3 Å². The Morgan fingerprint density at radius 2 is 1.97 bits per heavy atom. The van der Waals surface area contributed by atoms with E-state index in [4.69, 9.17) is 4.99 Å². The Hall–Kier alpha value is -1.03. The number of aromatic nitrogens is 2. The Kier molecular flexibility index (Phi) is 11.9. The van der Waals surface area contributed by atoms with Gasteiger partial charge in [0.2, 0.25) is 0 Å². The first-order chi connectivity index (χ1) is 14.2. The molecule has 1 unspecified atom stereocenters. The summed E-state index contributed by atoms with van der Waals surface area (Å²) in [6.45, 7) is 9.95. The van der Waals surface area contributed by atoms with Crippen LogP contribution in [0.4, 0.5) is 5.69 Å². The molecule has 0 aliphatic carbocycles. The van der Waals surface area contributed by atoms with Gasteiger partial charge in [0.25, 0.3) is 0 Å². The first kappa shape index (κ1) is 25.2. The average molecular weight is 532 g/mol. The van der Waals surface area contributed by atoms with E-state index in [0.29, 0.717) is 6.04 Å². The number of halogens is 1. The number of hydrogen-bond donors (Lipinski definition) is 2. The van der Waals surface area contributed by atoms with Crippen LogP contribution in [0, 0.1) is 0 Å². The molecule has 2 saturated heterocycles. The summed E-state index contributed by atoms with van der Waals surface area (Å²) in [5, 5.41) is 11.4. The van der Waals surface area contributed by atoms with Gasteiger partial charge in [-0.2, -0.15) is 5.10 Å². The smallest absolute Gasteiger partial charge is 0.191 e. The summed E-state index contributed by atoms with van der Waals surface area (Å²) < 4.78 is 1.88. The zero-order valence-electron chi connectivity index (χ0n) is 19.0. The molecule has 1 atom stereocenters. The summed E-state index contributed by atoms with van der Waals surface area (Å²) in [6.07, 6.45) is 14.4. The topological polar surface area (TPSA) is 60.7 Å². The van der Waals surface area contributed by atoms with Crippen LogP contribution < -0.4 is 15.5 Å². The van der Waals surface area contributed by atoms with Crippen LogP contribution in [0.1, 0.15) is 58.3 Å². The normalized spacial score (nSPS) is 20.7. The molecule has 2 fully saturated rings. The fourth-order valence-electron chi connectivity index (χ4n) is 4.41. The van der Waals surface area contributed by atoms with Gasteiger partial charge in [0.1, 0.15) is 0 Å². The molecule has 3 rings (SSSR count). The molecule has 1 aromatic rings. The lowest BCUT2D eigenvalue weighted by Crippen LogP contribution is -2.51. The molecular weight excluding hydrogens is 489 g/mol. The van der Waals surface area contributed by atoms with Crippen LogP contribution in [0.15, 0.2) is 17.4 Å². The third-order valence-corrected chi connectivity index (χ3v) is 6.01. The van der Waals surface area contributed by atoms with Gasteiger partial charge in [0, 0.05) is 45.5 Å². The molecule has 0 bridgehead atoms. The zero-order valence-corrected chi connectivity index (χ0v) is 21.3. The molecule has 7 nitrogen and oxygen atoms in total. The predicted octanol–water partition coefficient (Wildman–Crippen LogP) is 3.22. The maximum Gasteiger partial charge on any atom is 0.191 e. The lowest BCUT2D eigenvalue weighted by atomic mass is 10.1. The van der Waals surface area contributed by atoms with E-state index in [0.717, 1.165) is 32.1 Å². The maximum atomic E-state index is 4.84. The first-order valence-electron chi connectivity index (χ1n) is 11.8. The molecule has 0 aromatic carbocycles. The number of aliphatic imine (C=N–C) groups is 1. The number of guanidine groups is 1. The van der Waals surface area contributed by atoms with Crippen molar-refractivity contribution in [2.24, 2.45) is 12.0 Å². The number of unbranched alkanes of at least 4 members (excludes halogenated alkanes) is 2. The molecule has 8 heteroatoms. The molecule has 1 aromatic heterocycles. The minimum Gasteiger partial charge on any atom is -0.367 e. The highest BCUT2D eigenvalue weighted by Crippen LogP contribution is 2.19. The molecule has 2 aliphatic heterocycles. The Labute approximate surface area is 200 Å². The Morgan fingerprint density at radius 3 is 2.70 bits per heavy atom. The fourth-order valence-corrected chi connectivity index (χ4v) is 4.41. The van der Waals surface area contributed by atoms with Gasteiger partial charge >= 0.3 is 0 Å². The van der Waals surface area contributed by atoms with Crippen molar-refractivity contribution in [3.05, 3.63) is 12.4 Å². The van der Waals surface area contributed by atoms with Crippen LogP contribution in [0.2, 0.25) is 0 Å². The summed E-state index contributed by atoms with van der Waals surface area (Å²) in [5.41, 5.74) is 1.22. The molecule has 0 saturated carbocycles. The van der Waals surface area contributed by atoms with Crippen LogP contribution in [0.25, 0.3) is 0 Å². The number of hydrogen-bond acceptors (Lipinski definition) is 4. The van der Waals surface area contributed by atoms with Crippen molar-refractivity contribution < 1.29 is 0 Å². The Bertz CT molecular complexity index is 612. The number of rotatable bonds is 9. The third-order valence-electron chi connectivity index (χ3n) is 6.01. The molecule has 0 spiro atoms. The first-order valence-corrected chi connectivity index (χ1v) is 11.8. The van der Waals surface area contributed by atoms with Gasteiger partial charge in [-0.3, -0.25) is 9.67 Å². The second-order valence-corrected chi connectivity index (χ2v) is 8.53. The van der Waals surface area contributed by atoms with E-state index in [1.165, 1.54) is 76.7 Å². The van der Waals surface area contributed by atoms with E-state index in [-0.39, 0.29) is 24.0 Å². The van der Waals surface area contributed by atoms with Crippen molar-refractivity contribution in [1.29, 1.82) is 0 Å². The van der Waals surface area contributed by atoms with Gasteiger partial charge in [0.15, 0.2) is 5.96 Å². The van der Waals surface area contributed by atoms with E-state index in [1.54, 1.807) is 0 Å². The number of piperidine rings is 2. The minimum absolute atomic E-state index is 0. The number of nitrogens with zero attached hydrogens (tertiary/aromatic N) is 5. The van der Waals surface area contributed by atoms with Gasteiger partial charge in [-0.25, -0.2) is 0 Å². The van der Waals surface area contributed by atoms with Crippen molar-refractivity contribution >= 4 is 35.6 Å². The highest BCUT2D eigenvalue weighted by molar-refractivity contribution is 14.0. The van der Waals surface area contributed by atoms with E-state index in [1.807, 2.05) is 17.9 Å². The number of anilines is 1. The van der Waals surface area contributed by atoms with E-state index >= 15 is 0 Å². The summed E-state index contributed by atoms with van der Waals surface area (Å²) in [4.78, 5) is 9.90. The molecule has 30 heavy (non-hydrogen) atoms. The number of likely N-dealkylation sites (tertiary alicyclic amines) is 1. The predicted molar refractivity (Wildman–Crippen MR) is 137 cm³/mol. The van der Waals surface area contributed by atoms with Crippen molar-refractivity contribution in [3.63, 3.8) is 0 Å². The number of aryl methyl sites for hydroxylation is 1. The maximum absolute atomic E-state index is 4.84. The SMILES string of the molecule is CCNC(=NCCCCCN1CCCCC1)NC1CCCN(c2cnn(C)c2)C1.I. The van der Waals surface area contributed by atoms with Crippen LogP contribution in [0.5, 0.6) is 0 Å². The summed E-state index contributed by atoms with van der Waals surface area (Å²) in [6, 6.07) is 0.431. The van der Waals surface area contributed by atoms with Crippen LogP contribution in [-0.4, -0.2) is 72.5 Å². The monoisotopic (exact) mass is 531 g/mol. The number of nitrogens with one attached hydrogen (secondary N) is 2. The van der Waals surface area contributed by atoms with Crippen molar-refractivity contribution in [3.8, 4) is 0 Å². The molecule has 3 heterocycles. The van der Waals surface area contributed by atoms with Gasteiger partial charge in [0.05, 0.1) is 11.9 Å². The quantitative estimate of drug-likeness (QED) is 0.222. The van der Waals surface area contributed by atoms with E-state index in [2.05, 4.69) is 38.7 Å². The Balaban J connectivity index is 0.00000320. The standard InChI is InChI=1S/C22H41N7.HI/c1-3-23-22(24-12-6-4-7-13-28-14-8-5-9-15-28)26-20-11-10-16-29(18-20)21-17-25-27(2)19-21;/h17,19-20H,3-16,18H2,1-2H3,(H2,23,24,26);1H. The molecule has 0 amide bonds. The van der Waals surface area contributed by atoms with E-state index in [9.17, 15) is 0 Å². The van der Waals surface area contributed by atoms with Gasteiger partial charge in [-0.05, 0) is 65.1 Å². The van der Waals surface area contributed by atoms with Gasteiger partial charge in [-0.1, -0.05) is 12.8 Å². The van der Waals surface area contributed by atoms with E-state index < -0.39 is 0 Å². The largest absolute Gasteiger partial charge is 0.367 e. The van der Waals surface area contributed by atoms with Gasteiger partial charge < -0.3 is 20.4 Å². The molecule has 0 radical (unpaired) electrons. The average Bonchev–Trinajstić information content (AvgIpc) is 3.18. The molecule has 172 valence electrons. The molecule has 2 aliphatic rings. The summed E-state index contributed by atoms with van der Waals surface area (Å²) in [7, 11) is 1.98. The fraction of sp³-hybridized carbons (Fsp3) is 0.818. The highest BCUT2D eigenvalue weighted by Gasteiger charge is 2.21. The second kappa shape index (κ2) is 14.1. The van der Waals surface area contributed by atoms with Gasteiger partial charge in [-0.15, -0.1) is 24.0 Å². The lowest BCUT2D eigenvalue weighted by molar-refractivity contribution is 0.224. The van der Waals surface area contributed by atoms with Crippen LogP contribution in [-0.2, 0) is 7.05 Å². The highest BCUT2D eigenvalue weighted by atomic mass is 127. The lowest BCUT2D eigenvalue weighted by Gasteiger charge is -2.34. The van der Waals surface area contributed by atoms with Crippen molar-refractivity contribution in [2.75, 3.05) is 50.7 Å². The molecular formula is C22H42IN7. The minimum atomic E-state index is 0. The van der Waals surface area contributed by atoms with Crippen LogP contribution >= 0.6 is 24.0 Å². The zero-order chi connectivity index (χ0) is 20.3. The molecule has 2 N–H and O–H groups in total. The van der Waals surface area contributed by atoms with Crippen LogP contribution in [0.3, 0.4) is 0 Å². The van der Waals surface area contributed by atoms with Crippen molar-refractivity contribution in [2.45, 2.75) is 64.3 Å². The Morgan fingerprint density at radius 1 is 1.13 bits per heavy atom.